The number of hydrogen-bond donors (Lipinski definition) is 0. The van der Waals surface area contributed by atoms with Crippen LogP contribution in [0.1, 0.15) is 5.56 Å². The lowest BCUT2D eigenvalue weighted by molar-refractivity contribution is 1.17. The molecule has 0 aliphatic heterocycles. The van der Waals surface area contributed by atoms with Crippen molar-refractivity contribution in [1.29, 1.82) is 0 Å². The molecular formula is C67H48N2Si. The van der Waals surface area contributed by atoms with Gasteiger partial charge in [0, 0.05) is 38.4 Å². The minimum Gasteiger partial charge on any atom is -0.309 e. The van der Waals surface area contributed by atoms with Crippen LogP contribution in [0.15, 0.2) is 279 Å². The highest BCUT2D eigenvalue weighted by Crippen LogP contribution is 2.45. The Morgan fingerprint density at radius 2 is 0.700 bits per heavy atom. The summed E-state index contributed by atoms with van der Waals surface area (Å²) in [5.41, 5.74) is 15.6. The highest BCUT2D eigenvalue weighted by molar-refractivity contribution is 7.11. The molecule has 0 radical (unpaired) electrons. The van der Waals surface area contributed by atoms with E-state index in [1.807, 2.05) is 0 Å². The van der Waals surface area contributed by atoms with Crippen molar-refractivity contribution in [1.82, 2.24) is 9.13 Å². The van der Waals surface area contributed by atoms with Crippen LogP contribution >= 0.6 is 0 Å². The minimum absolute atomic E-state index is 0.911. The first kappa shape index (κ1) is 41.4. The summed E-state index contributed by atoms with van der Waals surface area (Å²) in [6.45, 7) is 0. The summed E-state index contributed by atoms with van der Waals surface area (Å²) in [7, 11) is -2.64. The molecule has 13 rings (SSSR count). The van der Waals surface area contributed by atoms with Gasteiger partial charge in [0.25, 0.3) is 0 Å². The van der Waals surface area contributed by atoms with Gasteiger partial charge in [-0.25, -0.2) is 0 Å². The van der Waals surface area contributed by atoms with Gasteiger partial charge in [0.1, 0.15) is 0 Å². The third-order valence-electron chi connectivity index (χ3n) is 14.6. The van der Waals surface area contributed by atoms with Crippen molar-refractivity contribution in [2.24, 2.45) is 0 Å². The summed E-state index contributed by atoms with van der Waals surface area (Å²) in [6, 6.07) is 104. The molecule has 2 heterocycles. The lowest BCUT2D eigenvalue weighted by Gasteiger charge is -2.34. The fourth-order valence-electron chi connectivity index (χ4n) is 11.6. The van der Waals surface area contributed by atoms with Gasteiger partial charge < -0.3 is 9.13 Å². The Labute approximate surface area is 409 Å². The molecule has 0 fully saturated rings. The van der Waals surface area contributed by atoms with Crippen molar-refractivity contribution in [3.05, 3.63) is 285 Å². The zero-order chi connectivity index (χ0) is 46.4. The van der Waals surface area contributed by atoms with E-state index in [2.05, 4.69) is 288 Å². The fraction of sp³-hybridized carbons (Fsp3) is 0.0149. The van der Waals surface area contributed by atoms with Crippen molar-refractivity contribution < 1.29 is 0 Å². The molecule has 330 valence electrons. The maximum atomic E-state index is 2.54. The lowest BCUT2D eigenvalue weighted by atomic mass is 9.95. The average Bonchev–Trinajstić information content (AvgIpc) is 3.96. The summed E-state index contributed by atoms with van der Waals surface area (Å²) in [5.74, 6) is 0. The number of aromatic nitrogens is 2. The molecule has 0 unspecified atom stereocenters. The minimum atomic E-state index is -2.64. The van der Waals surface area contributed by atoms with Crippen LogP contribution in [-0.2, 0) is 6.04 Å². The third kappa shape index (κ3) is 6.77. The van der Waals surface area contributed by atoms with Gasteiger partial charge in [-0.15, -0.1) is 0 Å². The number of benzene rings is 11. The number of nitrogens with zero attached hydrogens (tertiary/aromatic N) is 2. The zero-order valence-electron chi connectivity index (χ0n) is 38.7. The molecule has 2 aromatic heterocycles. The molecule has 0 bridgehead atoms. The molecule has 0 aliphatic carbocycles. The second-order valence-electron chi connectivity index (χ2n) is 18.4. The second-order valence-corrected chi connectivity index (χ2v) is 22.3. The first-order chi connectivity index (χ1) is 34.8. The summed E-state index contributed by atoms with van der Waals surface area (Å²) in [4.78, 5) is 0. The summed E-state index contributed by atoms with van der Waals surface area (Å²) in [6.07, 6.45) is 0. The lowest BCUT2D eigenvalue weighted by Crippen LogP contribution is -2.68. The van der Waals surface area contributed by atoms with E-state index in [0.717, 1.165) is 17.2 Å². The largest absolute Gasteiger partial charge is 0.309 e. The Bertz CT molecular complexity index is 3840. The second kappa shape index (κ2) is 17.4. The monoisotopic (exact) mass is 908 g/mol. The molecule has 3 heteroatoms. The maximum Gasteiger partial charge on any atom is 0.152 e. The van der Waals surface area contributed by atoms with Crippen LogP contribution in [0, 0.1) is 0 Å². The Hall–Kier alpha value is -8.76. The van der Waals surface area contributed by atoms with Crippen LogP contribution in [0.4, 0.5) is 0 Å². The number of fused-ring (bicyclic) bond motifs is 6. The summed E-state index contributed by atoms with van der Waals surface area (Å²) in [5, 5.41) is 9.25. The Kier molecular flexibility index (Phi) is 10.3. The van der Waals surface area contributed by atoms with Gasteiger partial charge in [-0.05, 0) is 85.8 Å². The van der Waals surface area contributed by atoms with E-state index >= 15 is 0 Å². The van der Waals surface area contributed by atoms with Gasteiger partial charge in [-0.2, -0.15) is 0 Å². The average molecular weight is 909 g/mol. The molecule has 0 atom stereocenters. The molecule has 0 saturated carbocycles. The van der Waals surface area contributed by atoms with E-state index in [1.165, 1.54) is 98.3 Å². The molecule has 0 amide bonds. The van der Waals surface area contributed by atoms with Crippen molar-refractivity contribution in [2.45, 2.75) is 6.04 Å². The van der Waals surface area contributed by atoms with E-state index in [-0.39, 0.29) is 0 Å². The Balaban J connectivity index is 1.09. The van der Waals surface area contributed by atoms with E-state index in [4.69, 9.17) is 0 Å². The van der Waals surface area contributed by atoms with Crippen molar-refractivity contribution in [3.63, 3.8) is 0 Å². The molecule has 0 N–H and O–H groups in total. The van der Waals surface area contributed by atoms with Crippen LogP contribution in [0.2, 0.25) is 0 Å². The van der Waals surface area contributed by atoms with E-state index in [0.29, 0.717) is 0 Å². The molecule has 11 aromatic carbocycles. The normalized spacial score (nSPS) is 11.8. The van der Waals surface area contributed by atoms with Crippen LogP contribution < -0.4 is 15.6 Å². The topological polar surface area (TPSA) is 9.86 Å². The molecule has 0 spiro atoms. The molecule has 2 nitrogen and oxygen atoms in total. The van der Waals surface area contributed by atoms with Crippen molar-refractivity contribution >= 4 is 67.2 Å². The van der Waals surface area contributed by atoms with Crippen LogP contribution in [-0.4, -0.2) is 17.2 Å². The van der Waals surface area contributed by atoms with Crippen molar-refractivity contribution in [2.75, 3.05) is 0 Å². The highest BCUT2D eigenvalue weighted by atomic mass is 28.3. The molecular weight excluding hydrogens is 861 g/mol. The van der Waals surface area contributed by atoms with Crippen molar-refractivity contribution in [3.8, 4) is 44.8 Å². The summed E-state index contributed by atoms with van der Waals surface area (Å²) < 4.78 is 5.06. The van der Waals surface area contributed by atoms with E-state index in [1.54, 1.807) is 0 Å². The summed E-state index contributed by atoms with van der Waals surface area (Å²) >= 11 is 0. The third-order valence-corrected chi connectivity index (χ3v) is 19.5. The van der Waals surface area contributed by atoms with Crippen LogP contribution in [0.3, 0.4) is 0 Å². The SMILES string of the molecule is c1ccc(-c2cccc(-c3ccccc3)c2-n2c3ccc(-n4c5ccccc5c5c(C[Si](c6ccccc6)(c6ccccc6)c6ccccc6)cccc54)cc3c3c(-c4ccccc4)cccc32)cc1. The Morgan fingerprint density at radius 3 is 1.26 bits per heavy atom. The zero-order valence-corrected chi connectivity index (χ0v) is 39.7. The van der Waals surface area contributed by atoms with Crippen LogP contribution in [0.25, 0.3) is 88.4 Å². The predicted octanol–water partition coefficient (Wildman–Crippen LogP) is 15.1. The van der Waals surface area contributed by atoms with Gasteiger partial charge >= 0.3 is 0 Å². The van der Waals surface area contributed by atoms with Crippen LogP contribution in [0.5, 0.6) is 0 Å². The predicted molar refractivity (Wildman–Crippen MR) is 299 cm³/mol. The molecule has 0 saturated heterocycles. The maximum absolute atomic E-state index is 2.64. The standard InChI is InChI=1S/C67H48N2Si/c1-7-24-48(25-8-1)56-38-23-43-64-66(56)60-46-52(44-45-62(60)69(64)67-57(49-26-9-2-10-27-49)39-22-40-58(67)50-28-11-3-12-29-50)68-61-41-20-19-37-59(61)65-51(30-21-42-63(65)68)47-70(53-31-13-4-14-32-53,54-33-15-5-16-34-54)55-35-17-6-18-36-55/h1-46H,47H2. The van der Waals surface area contributed by atoms with Gasteiger partial charge in [0.15, 0.2) is 8.07 Å². The Morgan fingerprint density at radius 1 is 0.286 bits per heavy atom. The molecule has 70 heavy (non-hydrogen) atoms. The number of hydrogen-bond acceptors (Lipinski definition) is 0. The van der Waals surface area contributed by atoms with E-state index < -0.39 is 8.07 Å². The smallest absolute Gasteiger partial charge is 0.152 e. The fourth-order valence-corrected chi connectivity index (χ4v) is 16.3. The van der Waals surface area contributed by atoms with E-state index in [9.17, 15) is 0 Å². The molecule has 13 aromatic rings. The molecule has 0 aliphatic rings. The van der Waals surface area contributed by atoms with Gasteiger partial charge in [0.05, 0.1) is 27.8 Å². The first-order valence-corrected chi connectivity index (χ1v) is 26.5. The van der Waals surface area contributed by atoms with Gasteiger partial charge in [0.2, 0.25) is 0 Å². The van der Waals surface area contributed by atoms with Gasteiger partial charge in [-0.3, -0.25) is 0 Å². The number of rotatable bonds is 10. The van der Waals surface area contributed by atoms with Gasteiger partial charge in [-0.1, -0.05) is 243 Å². The highest BCUT2D eigenvalue weighted by Gasteiger charge is 2.40. The first-order valence-electron chi connectivity index (χ1n) is 24.3. The number of para-hydroxylation sites is 2. The quantitative estimate of drug-likeness (QED) is 0.0956.